The van der Waals surface area contributed by atoms with Gasteiger partial charge < -0.3 is 10.6 Å². The van der Waals surface area contributed by atoms with Crippen molar-refractivity contribution in [3.8, 4) is 0 Å². The van der Waals surface area contributed by atoms with E-state index in [0.29, 0.717) is 29.4 Å². The molecule has 0 bridgehead atoms. The number of halogens is 2. The SMILES string of the molecule is O=S(=O)(c1ccc(Nc2ncc(C=Cc3ccc(C(F)F)cc3)cn2)cc1)C1CCNCC1. The summed E-state index contributed by atoms with van der Waals surface area (Å²) in [7, 11) is -3.34. The van der Waals surface area contributed by atoms with Crippen LogP contribution in [0.3, 0.4) is 0 Å². The van der Waals surface area contributed by atoms with E-state index in [9.17, 15) is 17.2 Å². The highest BCUT2D eigenvalue weighted by molar-refractivity contribution is 7.92. The first-order valence-corrected chi connectivity index (χ1v) is 12.2. The summed E-state index contributed by atoms with van der Waals surface area (Å²) in [6.45, 7) is 1.44. The first-order chi connectivity index (χ1) is 15.9. The Morgan fingerprint density at radius 3 is 2.12 bits per heavy atom. The van der Waals surface area contributed by atoms with Gasteiger partial charge in [-0.25, -0.2) is 27.2 Å². The second-order valence-electron chi connectivity index (χ2n) is 7.78. The summed E-state index contributed by atoms with van der Waals surface area (Å²) in [6, 6.07) is 12.7. The highest BCUT2D eigenvalue weighted by Crippen LogP contribution is 2.24. The predicted molar refractivity (Wildman–Crippen MR) is 125 cm³/mol. The second-order valence-corrected chi connectivity index (χ2v) is 10.0. The molecule has 0 radical (unpaired) electrons. The third-order valence-corrected chi connectivity index (χ3v) is 7.77. The lowest BCUT2D eigenvalue weighted by Crippen LogP contribution is -2.35. The summed E-state index contributed by atoms with van der Waals surface area (Å²) in [4.78, 5) is 8.86. The average Bonchev–Trinajstić information content (AvgIpc) is 2.85. The first-order valence-electron chi connectivity index (χ1n) is 10.6. The number of piperidine rings is 1. The summed E-state index contributed by atoms with van der Waals surface area (Å²) in [5.74, 6) is 0.377. The Balaban J connectivity index is 1.37. The number of nitrogens with zero attached hydrogens (tertiary/aromatic N) is 2. The van der Waals surface area contributed by atoms with Crippen LogP contribution in [0.4, 0.5) is 20.4 Å². The summed E-state index contributed by atoms with van der Waals surface area (Å²) >= 11 is 0. The Labute approximate surface area is 191 Å². The molecular weight excluding hydrogens is 446 g/mol. The molecule has 0 spiro atoms. The maximum atomic E-state index is 12.8. The van der Waals surface area contributed by atoms with E-state index in [2.05, 4.69) is 20.6 Å². The van der Waals surface area contributed by atoms with Gasteiger partial charge in [-0.05, 0) is 55.8 Å². The average molecular weight is 471 g/mol. The van der Waals surface area contributed by atoms with E-state index in [4.69, 9.17) is 0 Å². The summed E-state index contributed by atoms with van der Waals surface area (Å²) in [6.07, 6.45) is 5.62. The molecule has 4 rings (SSSR count). The Hall–Kier alpha value is -3.17. The number of hydrogen-bond acceptors (Lipinski definition) is 6. The van der Waals surface area contributed by atoms with Gasteiger partial charge in [0.2, 0.25) is 5.95 Å². The van der Waals surface area contributed by atoms with Gasteiger partial charge in [-0.3, -0.25) is 0 Å². The van der Waals surface area contributed by atoms with Crippen molar-refractivity contribution in [1.29, 1.82) is 0 Å². The number of anilines is 2. The van der Waals surface area contributed by atoms with E-state index in [1.54, 1.807) is 60.9 Å². The van der Waals surface area contributed by atoms with Gasteiger partial charge >= 0.3 is 0 Å². The highest BCUT2D eigenvalue weighted by Gasteiger charge is 2.28. The van der Waals surface area contributed by atoms with Crippen molar-refractivity contribution in [2.24, 2.45) is 0 Å². The van der Waals surface area contributed by atoms with Crippen LogP contribution in [0.5, 0.6) is 0 Å². The molecule has 9 heteroatoms. The second kappa shape index (κ2) is 10.2. The van der Waals surface area contributed by atoms with E-state index in [0.717, 1.165) is 24.2 Å². The number of hydrogen-bond donors (Lipinski definition) is 2. The number of sulfone groups is 1. The minimum Gasteiger partial charge on any atom is -0.324 e. The monoisotopic (exact) mass is 470 g/mol. The van der Waals surface area contributed by atoms with Gasteiger partial charge in [0.25, 0.3) is 6.43 Å². The van der Waals surface area contributed by atoms with Crippen molar-refractivity contribution in [1.82, 2.24) is 15.3 Å². The van der Waals surface area contributed by atoms with Gasteiger partial charge in [-0.15, -0.1) is 0 Å². The summed E-state index contributed by atoms with van der Waals surface area (Å²) in [5, 5.41) is 5.90. The zero-order valence-electron chi connectivity index (χ0n) is 17.8. The van der Waals surface area contributed by atoms with E-state index < -0.39 is 16.3 Å². The lowest BCUT2D eigenvalue weighted by molar-refractivity contribution is 0.151. The standard InChI is InChI=1S/C24H24F2N4O2S/c25-23(26)19-5-3-17(4-6-19)1-2-18-15-28-24(29-16-18)30-20-7-9-21(10-8-20)33(31,32)22-11-13-27-14-12-22/h1-10,15-16,22-23,27H,11-14H2,(H,28,29,30). The number of nitrogens with one attached hydrogen (secondary N) is 2. The van der Waals surface area contributed by atoms with Crippen LogP contribution in [0.25, 0.3) is 12.2 Å². The van der Waals surface area contributed by atoms with Crippen LogP contribution in [0.15, 0.2) is 65.8 Å². The van der Waals surface area contributed by atoms with Crippen LogP contribution in [-0.4, -0.2) is 36.7 Å². The van der Waals surface area contributed by atoms with Crippen LogP contribution < -0.4 is 10.6 Å². The largest absolute Gasteiger partial charge is 0.324 e. The molecule has 2 aromatic carbocycles. The fourth-order valence-corrected chi connectivity index (χ4v) is 5.35. The lowest BCUT2D eigenvalue weighted by atomic mass is 10.1. The molecule has 2 heterocycles. The maximum absolute atomic E-state index is 12.8. The van der Waals surface area contributed by atoms with Crippen LogP contribution >= 0.6 is 0 Å². The molecule has 2 N–H and O–H groups in total. The smallest absolute Gasteiger partial charge is 0.263 e. The highest BCUT2D eigenvalue weighted by atomic mass is 32.2. The summed E-state index contributed by atoms with van der Waals surface area (Å²) in [5.41, 5.74) is 2.22. The Kier molecular flexibility index (Phi) is 7.10. The minimum atomic E-state index is -3.34. The maximum Gasteiger partial charge on any atom is 0.263 e. The molecule has 0 amide bonds. The fraction of sp³-hybridized carbons (Fsp3) is 0.250. The van der Waals surface area contributed by atoms with Crippen LogP contribution in [0.2, 0.25) is 0 Å². The van der Waals surface area contributed by atoms with Crippen molar-refractivity contribution in [3.63, 3.8) is 0 Å². The van der Waals surface area contributed by atoms with Gasteiger partial charge in [0.1, 0.15) is 0 Å². The predicted octanol–water partition coefficient (Wildman–Crippen LogP) is 4.85. The van der Waals surface area contributed by atoms with Crippen LogP contribution in [0, 0.1) is 0 Å². The van der Waals surface area contributed by atoms with Crippen molar-refractivity contribution in [2.45, 2.75) is 29.4 Å². The van der Waals surface area contributed by atoms with Crippen molar-refractivity contribution in [2.75, 3.05) is 18.4 Å². The van der Waals surface area contributed by atoms with E-state index in [-0.39, 0.29) is 10.8 Å². The molecule has 0 aliphatic carbocycles. The van der Waals surface area contributed by atoms with E-state index >= 15 is 0 Å². The van der Waals surface area contributed by atoms with Crippen molar-refractivity contribution in [3.05, 3.63) is 77.6 Å². The van der Waals surface area contributed by atoms with Crippen molar-refractivity contribution < 1.29 is 17.2 Å². The van der Waals surface area contributed by atoms with E-state index in [1.165, 1.54) is 12.1 Å². The fourth-order valence-electron chi connectivity index (χ4n) is 3.59. The van der Waals surface area contributed by atoms with Crippen molar-refractivity contribution >= 4 is 33.6 Å². The molecule has 6 nitrogen and oxygen atoms in total. The molecule has 33 heavy (non-hydrogen) atoms. The Morgan fingerprint density at radius 2 is 1.52 bits per heavy atom. The van der Waals surface area contributed by atoms with E-state index in [1.807, 2.05) is 0 Å². The van der Waals surface area contributed by atoms with Gasteiger partial charge in [0, 0.05) is 29.2 Å². The number of benzene rings is 2. The third kappa shape index (κ3) is 5.80. The summed E-state index contributed by atoms with van der Waals surface area (Å²) < 4.78 is 50.8. The molecule has 3 aromatic rings. The molecule has 0 atom stereocenters. The van der Waals surface area contributed by atoms with Crippen LogP contribution in [0.1, 0.15) is 36.0 Å². The third-order valence-electron chi connectivity index (χ3n) is 5.49. The molecule has 1 aromatic heterocycles. The van der Waals surface area contributed by atoms with Crippen LogP contribution in [-0.2, 0) is 9.84 Å². The molecule has 0 unspecified atom stereocenters. The molecular formula is C24H24F2N4O2S. The zero-order chi connectivity index (χ0) is 23.3. The quantitative estimate of drug-likeness (QED) is 0.513. The van der Waals surface area contributed by atoms with Gasteiger partial charge in [0.15, 0.2) is 9.84 Å². The first kappa shape index (κ1) is 23.0. The normalized spacial score (nSPS) is 15.2. The lowest BCUT2D eigenvalue weighted by Gasteiger charge is -2.22. The van der Waals surface area contributed by atoms with Gasteiger partial charge in [-0.1, -0.05) is 36.4 Å². The molecule has 0 saturated carbocycles. The Bertz CT molecular complexity index is 1190. The van der Waals surface area contributed by atoms with Gasteiger partial charge in [-0.2, -0.15) is 0 Å². The zero-order valence-corrected chi connectivity index (χ0v) is 18.6. The number of aromatic nitrogens is 2. The minimum absolute atomic E-state index is 0.0113. The van der Waals surface area contributed by atoms with Gasteiger partial charge in [0.05, 0.1) is 10.1 Å². The molecule has 1 fully saturated rings. The molecule has 1 aliphatic rings. The molecule has 1 saturated heterocycles. The Morgan fingerprint density at radius 1 is 0.909 bits per heavy atom. The molecule has 1 aliphatic heterocycles. The number of alkyl halides is 2. The topological polar surface area (TPSA) is 84.0 Å². The number of rotatable bonds is 7. The molecule has 172 valence electrons.